The van der Waals surface area contributed by atoms with Crippen LogP contribution in [0.2, 0.25) is 0 Å². The molecule has 4 N–H and O–H groups in total. The number of amides is 1. The largest absolute Gasteiger partial charge is 0.366 e. The number of primary amides is 1. The fourth-order valence-electron chi connectivity index (χ4n) is 1.64. The van der Waals surface area contributed by atoms with E-state index in [-0.39, 0.29) is 6.04 Å². The predicted octanol–water partition coefficient (Wildman–Crippen LogP) is 0.482. The smallest absolute Gasteiger partial charge is 0.248 e. The van der Waals surface area contributed by atoms with Gasteiger partial charge in [0.25, 0.3) is 0 Å². The van der Waals surface area contributed by atoms with Crippen LogP contribution in [0.3, 0.4) is 0 Å². The molecule has 5 heteroatoms. The Morgan fingerprint density at radius 3 is 2.94 bits per heavy atom. The average Bonchev–Trinajstić information content (AvgIpc) is 2.60. The van der Waals surface area contributed by atoms with Gasteiger partial charge in [0.15, 0.2) is 0 Å². The van der Waals surface area contributed by atoms with Crippen molar-refractivity contribution in [2.45, 2.75) is 19.5 Å². The number of fused-ring (bicyclic) bond motifs is 1. The molecule has 0 unspecified atom stereocenters. The van der Waals surface area contributed by atoms with Crippen molar-refractivity contribution in [1.82, 2.24) is 9.78 Å². The summed E-state index contributed by atoms with van der Waals surface area (Å²) in [6.45, 7) is 2.52. The third-order valence-electron chi connectivity index (χ3n) is 2.39. The van der Waals surface area contributed by atoms with E-state index in [1.807, 2.05) is 13.0 Å². The van der Waals surface area contributed by atoms with Crippen LogP contribution in [0.4, 0.5) is 0 Å². The van der Waals surface area contributed by atoms with Crippen molar-refractivity contribution in [3.8, 4) is 0 Å². The summed E-state index contributed by atoms with van der Waals surface area (Å²) in [5, 5.41) is 5.20. The second-order valence-corrected chi connectivity index (χ2v) is 3.94. The summed E-state index contributed by atoms with van der Waals surface area (Å²) in [5.74, 6) is -0.435. The Balaban J connectivity index is 2.51. The van der Waals surface area contributed by atoms with Gasteiger partial charge < -0.3 is 11.5 Å². The molecule has 1 heterocycles. The van der Waals surface area contributed by atoms with E-state index in [9.17, 15) is 4.79 Å². The molecule has 2 rings (SSSR count). The monoisotopic (exact) mass is 218 g/mol. The fourth-order valence-corrected chi connectivity index (χ4v) is 1.64. The molecule has 0 fully saturated rings. The van der Waals surface area contributed by atoms with Crippen LogP contribution in [0, 0.1) is 0 Å². The molecule has 1 atom stereocenters. The van der Waals surface area contributed by atoms with Gasteiger partial charge in [-0.1, -0.05) is 6.07 Å². The van der Waals surface area contributed by atoms with Gasteiger partial charge in [0.1, 0.15) is 0 Å². The lowest BCUT2D eigenvalue weighted by molar-refractivity contribution is 0.100. The third-order valence-corrected chi connectivity index (χ3v) is 2.39. The van der Waals surface area contributed by atoms with Crippen LogP contribution >= 0.6 is 0 Å². The van der Waals surface area contributed by atoms with Crippen LogP contribution < -0.4 is 11.5 Å². The summed E-state index contributed by atoms with van der Waals surface area (Å²) in [4.78, 5) is 11.1. The zero-order chi connectivity index (χ0) is 11.7. The second-order valence-electron chi connectivity index (χ2n) is 3.94. The molecular formula is C11H14N4O. The molecule has 1 amide bonds. The maximum absolute atomic E-state index is 11.1. The van der Waals surface area contributed by atoms with Gasteiger partial charge in [-0.25, -0.2) is 0 Å². The average molecular weight is 218 g/mol. The standard InChI is InChI=1S/C11H14N4O/c1-7(12)6-15-10-4-8(11(13)16)2-3-9(10)5-14-15/h2-5,7H,6,12H2,1H3,(H2,13,16)/t7-/m0/s1. The topological polar surface area (TPSA) is 86.9 Å². The third kappa shape index (κ3) is 1.90. The highest BCUT2D eigenvalue weighted by molar-refractivity contribution is 5.96. The minimum atomic E-state index is -0.435. The van der Waals surface area contributed by atoms with Crippen LogP contribution in [0.15, 0.2) is 24.4 Å². The Labute approximate surface area is 93.0 Å². The summed E-state index contributed by atoms with van der Waals surface area (Å²) in [6, 6.07) is 5.29. The molecule has 0 aliphatic rings. The molecule has 16 heavy (non-hydrogen) atoms. The molecular weight excluding hydrogens is 204 g/mol. The Bertz CT molecular complexity index is 530. The molecule has 0 aliphatic heterocycles. The van der Waals surface area contributed by atoms with E-state index < -0.39 is 5.91 Å². The second kappa shape index (κ2) is 3.94. The zero-order valence-electron chi connectivity index (χ0n) is 9.05. The molecule has 5 nitrogen and oxygen atoms in total. The van der Waals surface area contributed by atoms with Gasteiger partial charge in [-0.3, -0.25) is 9.48 Å². The van der Waals surface area contributed by atoms with Crippen LogP contribution in [-0.4, -0.2) is 21.7 Å². The van der Waals surface area contributed by atoms with Crippen molar-refractivity contribution in [3.63, 3.8) is 0 Å². The lowest BCUT2D eigenvalue weighted by Crippen LogP contribution is -2.22. The van der Waals surface area contributed by atoms with Crippen molar-refractivity contribution in [3.05, 3.63) is 30.0 Å². The number of aromatic nitrogens is 2. The number of nitrogens with zero attached hydrogens (tertiary/aromatic N) is 2. The Morgan fingerprint density at radius 2 is 2.31 bits per heavy atom. The first kappa shape index (κ1) is 10.6. The van der Waals surface area contributed by atoms with Gasteiger partial charge in [-0.2, -0.15) is 5.10 Å². The van der Waals surface area contributed by atoms with Crippen molar-refractivity contribution in [2.75, 3.05) is 0 Å². The van der Waals surface area contributed by atoms with E-state index >= 15 is 0 Å². The van der Waals surface area contributed by atoms with Crippen molar-refractivity contribution < 1.29 is 4.79 Å². The number of rotatable bonds is 3. The summed E-state index contributed by atoms with van der Waals surface area (Å²) in [6.07, 6.45) is 1.75. The highest BCUT2D eigenvalue weighted by atomic mass is 16.1. The van der Waals surface area contributed by atoms with Crippen LogP contribution in [0.1, 0.15) is 17.3 Å². The lowest BCUT2D eigenvalue weighted by atomic mass is 10.1. The SMILES string of the molecule is C[C@H](N)Cn1ncc2ccc(C(N)=O)cc21. The molecule has 1 aromatic carbocycles. The van der Waals surface area contributed by atoms with Crippen LogP contribution in [0.25, 0.3) is 10.9 Å². The van der Waals surface area contributed by atoms with E-state index in [1.165, 1.54) is 0 Å². The van der Waals surface area contributed by atoms with Crippen molar-refractivity contribution in [2.24, 2.45) is 11.5 Å². The zero-order valence-corrected chi connectivity index (χ0v) is 9.05. The maximum atomic E-state index is 11.1. The first-order valence-electron chi connectivity index (χ1n) is 5.09. The van der Waals surface area contributed by atoms with E-state index in [0.29, 0.717) is 12.1 Å². The summed E-state index contributed by atoms with van der Waals surface area (Å²) in [7, 11) is 0. The minimum Gasteiger partial charge on any atom is -0.366 e. The van der Waals surface area contributed by atoms with E-state index in [1.54, 1.807) is 23.0 Å². The summed E-state index contributed by atoms with van der Waals surface area (Å²) < 4.78 is 1.78. The van der Waals surface area contributed by atoms with E-state index in [4.69, 9.17) is 11.5 Å². The van der Waals surface area contributed by atoms with E-state index in [0.717, 1.165) is 10.9 Å². The van der Waals surface area contributed by atoms with Gasteiger partial charge in [0.05, 0.1) is 18.3 Å². The first-order chi connectivity index (χ1) is 7.58. The number of benzene rings is 1. The van der Waals surface area contributed by atoms with Gasteiger partial charge >= 0.3 is 0 Å². The van der Waals surface area contributed by atoms with Gasteiger partial charge in [0.2, 0.25) is 5.91 Å². The predicted molar refractivity (Wildman–Crippen MR) is 61.9 cm³/mol. The first-order valence-corrected chi connectivity index (χ1v) is 5.09. The number of carbonyl (C=O) groups is 1. The van der Waals surface area contributed by atoms with E-state index in [2.05, 4.69) is 5.10 Å². The number of hydrogen-bond donors (Lipinski definition) is 2. The highest BCUT2D eigenvalue weighted by Gasteiger charge is 2.07. The van der Waals surface area contributed by atoms with Crippen LogP contribution in [-0.2, 0) is 6.54 Å². The Hall–Kier alpha value is -1.88. The van der Waals surface area contributed by atoms with Crippen LogP contribution in [0.5, 0.6) is 0 Å². The molecule has 0 saturated carbocycles. The van der Waals surface area contributed by atoms with Gasteiger partial charge in [-0.15, -0.1) is 0 Å². The highest BCUT2D eigenvalue weighted by Crippen LogP contribution is 2.15. The van der Waals surface area contributed by atoms with Crippen molar-refractivity contribution in [1.29, 1.82) is 0 Å². The molecule has 1 aromatic heterocycles. The molecule has 0 saturated heterocycles. The summed E-state index contributed by atoms with van der Waals surface area (Å²) in [5.41, 5.74) is 12.3. The molecule has 0 spiro atoms. The Morgan fingerprint density at radius 1 is 1.56 bits per heavy atom. The van der Waals surface area contributed by atoms with Gasteiger partial charge in [-0.05, 0) is 19.1 Å². The number of carbonyl (C=O) groups excluding carboxylic acids is 1. The molecule has 0 radical (unpaired) electrons. The normalized spacial score (nSPS) is 12.9. The molecule has 0 aliphatic carbocycles. The quantitative estimate of drug-likeness (QED) is 0.785. The molecule has 2 aromatic rings. The van der Waals surface area contributed by atoms with Crippen molar-refractivity contribution >= 4 is 16.8 Å². The number of hydrogen-bond acceptors (Lipinski definition) is 3. The fraction of sp³-hybridized carbons (Fsp3) is 0.273. The lowest BCUT2D eigenvalue weighted by Gasteiger charge is -2.06. The number of nitrogens with two attached hydrogens (primary N) is 2. The minimum absolute atomic E-state index is 0.0142. The maximum Gasteiger partial charge on any atom is 0.248 e. The van der Waals surface area contributed by atoms with Gasteiger partial charge in [0, 0.05) is 17.0 Å². The Kier molecular flexibility index (Phi) is 2.62. The summed E-state index contributed by atoms with van der Waals surface area (Å²) >= 11 is 0. The molecule has 0 bridgehead atoms. The molecule has 84 valence electrons.